The van der Waals surface area contributed by atoms with Crippen LogP contribution in [0.15, 0.2) is 11.4 Å². The molecule has 1 amide bonds. The third-order valence-electron chi connectivity index (χ3n) is 3.13. The predicted molar refractivity (Wildman–Crippen MR) is 74.7 cm³/mol. The number of carbonyl (C=O) groups is 1. The Labute approximate surface area is 113 Å². The van der Waals surface area contributed by atoms with Crippen LogP contribution in [-0.2, 0) is 0 Å². The van der Waals surface area contributed by atoms with Crippen molar-refractivity contribution in [2.75, 3.05) is 6.54 Å². The molecule has 0 radical (unpaired) electrons. The fourth-order valence-electron chi connectivity index (χ4n) is 1.80. The Balaban J connectivity index is 2.06. The topological polar surface area (TPSA) is 55.1 Å². The van der Waals surface area contributed by atoms with Crippen molar-refractivity contribution in [3.63, 3.8) is 0 Å². The Bertz CT molecular complexity index is 402. The molecule has 1 aromatic heterocycles. The van der Waals surface area contributed by atoms with Gasteiger partial charge >= 0.3 is 0 Å². The van der Waals surface area contributed by atoms with Gasteiger partial charge in [0.05, 0.1) is 14.0 Å². The van der Waals surface area contributed by atoms with Crippen molar-refractivity contribution in [2.45, 2.75) is 25.3 Å². The normalized spacial score (nSPS) is 19.2. The van der Waals surface area contributed by atoms with Crippen molar-refractivity contribution in [3.8, 4) is 0 Å². The summed E-state index contributed by atoms with van der Waals surface area (Å²) >= 11 is 3.81. The van der Waals surface area contributed by atoms with Gasteiger partial charge in [-0.2, -0.15) is 0 Å². The van der Waals surface area contributed by atoms with Gasteiger partial charge in [0.25, 0.3) is 5.91 Å². The second-order valence-corrected chi connectivity index (χ2v) is 7.29. The van der Waals surface area contributed by atoms with E-state index in [1.165, 1.54) is 12.8 Å². The highest BCUT2D eigenvalue weighted by atomic mass is 127. The minimum Gasteiger partial charge on any atom is -0.345 e. The average molecular weight is 350 g/mol. The molecule has 1 atom stereocenters. The second-order valence-electron chi connectivity index (χ2n) is 4.49. The lowest BCUT2D eigenvalue weighted by Crippen LogP contribution is -2.53. The summed E-state index contributed by atoms with van der Waals surface area (Å²) < 4.78 is 1.13. The van der Waals surface area contributed by atoms with Crippen LogP contribution in [0.5, 0.6) is 0 Å². The summed E-state index contributed by atoms with van der Waals surface area (Å²) in [6, 6.07) is 1.91. The van der Waals surface area contributed by atoms with Crippen LogP contribution in [0.2, 0.25) is 0 Å². The number of nitrogens with one attached hydrogen (secondary N) is 1. The minimum absolute atomic E-state index is 0.000911. The van der Waals surface area contributed by atoms with Crippen molar-refractivity contribution in [2.24, 2.45) is 11.7 Å². The Kier molecular flexibility index (Phi) is 3.56. The molecule has 16 heavy (non-hydrogen) atoms. The molecule has 3 nitrogen and oxygen atoms in total. The van der Waals surface area contributed by atoms with Gasteiger partial charge < -0.3 is 11.1 Å². The molecule has 2 rings (SSSR count). The lowest BCUT2D eigenvalue weighted by atomic mass is 9.95. The van der Waals surface area contributed by atoms with Crippen LogP contribution in [0, 0.1) is 8.80 Å². The first-order valence-corrected chi connectivity index (χ1v) is 7.27. The minimum atomic E-state index is -0.232. The zero-order valence-electron chi connectivity index (χ0n) is 9.13. The molecule has 0 aromatic carbocycles. The second kappa shape index (κ2) is 4.62. The van der Waals surface area contributed by atoms with Gasteiger partial charge in [0.15, 0.2) is 0 Å². The van der Waals surface area contributed by atoms with Gasteiger partial charge in [-0.15, -0.1) is 11.3 Å². The maximum absolute atomic E-state index is 12.0. The maximum Gasteiger partial charge on any atom is 0.252 e. The van der Waals surface area contributed by atoms with E-state index in [-0.39, 0.29) is 11.4 Å². The maximum atomic E-state index is 12.0. The highest BCUT2D eigenvalue weighted by Crippen LogP contribution is 2.39. The van der Waals surface area contributed by atoms with Crippen LogP contribution in [-0.4, -0.2) is 18.0 Å². The molecule has 1 heterocycles. The summed E-state index contributed by atoms with van der Waals surface area (Å²) in [6.07, 6.45) is 2.35. The van der Waals surface area contributed by atoms with Gasteiger partial charge in [-0.05, 0) is 54.3 Å². The zero-order chi connectivity index (χ0) is 11.8. The summed E-state index contributed by atoms with van der Waals surface area (Å²) in [4.78, 5) is 12.0. The molecular weight excluding hydrogens is 335 g/mol. The molecule has 88 valence electrons. The van der Waals surface area contributed by atoms with Crippen molar-refractivity contribution in [1.82, 2.24) is 5.32 Å². The zero-order valence-corrected chi connectivity index (χ0v) is 12.1. The molecule has 1 saturated carbocycles. The molecule has 1 aromatic rings. The summed E-state index contributed by atoms with van der Waals surface area (Å²) in [7, 11) is 0. The standard InChI is InChI=1S/C11H15IN2OS/c1-11(6-13,8-2-3-8)14-10(15)7-4-9(12)16-5-7/h4-5,8H,2-3,6,13H2,1H3,(H,14,15). The summed E-state index contributed by atoms with van der Waals surface area (Å²) in [5.41, 5.74) is 6.28. The van der Waals surface area contributed by atoms with E-state index in [4.69, 9.17) is 5.73 Å². The molecule has 0 spiro atoms. The number of rotatable bonds is 4. The fraction of sp³-hybridized carbons (Fsp3) is 0.545. The lowest BCUT2D eigenvalue weighted by Gasteiger charge is -2.29. The number of hydrogen-bond acceptors (Lipinski definition) is 3. The predicted octanol–water partition coefficient (Wildman–Crippen LogP) is 2.21. The van der Waals surface area contributed by atoms with E-state index in [2.05, 4.69) is 27.9 Å². The van der Waals surface area contributed by atoms with E-state index in [0.29, 0.717) is 12.5 Å². The summed E-state index contributed by atoms with van der Waals surface area (Å²) in [5.74, 6) is 0.554. The van der Waals surface area contributed by atoms with E-state index >= 15 is 0 Å². The van der Waals surface area contributed by atoms with Gasteiger partial charge in [0.1, 0.15) is 0 Å². The van der Waals surface area contributed by atoms with Crippen molar-refractivity contribution >= 4 is 39.8 Å². The Morgan fingerprint density at radius 2 is 2.44 bits per heavy atom. The van der Waals surface area contributed by atoms with Crippen LogP contribution in [0.3, 0.4) is 0 Å². The Morgan fingerprint density at radius 3 is 2.88 bits per heavy atom. The number of carbonyl (C=O) groups excluding carboxylic acids is 1. The van der Waals surface area contributed by atoms with Crippen LogP contribution < -0.4 is 11.1 Å². The third kappa shape index (κ3) is 2.57. The van der Waals surface area contributed by atoms with E-state index in [1.54, 1.807) is 11.3 Å². The lowest BCUT2D eigenvalue weighted by molar-refractivity contribution is 0.0898. The van der Waals surface area contributed by atoms with Gasteiger partial charge in [0.2, 0.25) is 0 Å². The highest BCUT2D eigenvalue weighted by Gasteiger charge is 2.41. The van der Waals surface area contributed by atoms with Gasteiger partial charge in [0, 0.05) is 11.9 Å². The van der Waals surface area contributed by atoms with Crippen LogP contribution in [0.4, 0.5) is 0 Å². The monoisotopic (exact) mass is 350 g/mol. The van der Waals surface area contributed by atoms with E-state index in [1.807, 2.05) is 18.4 Å². The highest BCUT2D eigenvalue weighted by molar-refractivity contribution is 14.1. The summed E-state index contributed by atoms with van der Waals surface area (Å²) in [5, 5.41) is 4.96. The quantitative estimate of drug-likeness (QED) is 0.818. The molecule has 0 aliphatic heterocycles. The Morgan fingerprint density at radius 1 is 1.75 bits per heavy atom. The first-order chi connectivity index (χ1) is 7.55. The van der Waals surface area contributed by atoms with Crippen molar-refractivity contribution in [1.29, 1.82) is 0 Å². The molecule has 0 saturated heterocycles. The molecule has 1 aliphatic carbocycles. The average Bonchev–Trinajstić information content (AvgIpc) is 3.02. The fourth-order valence-corrected chi connectivity index (χ4v) is 3.13. The SMILES string of the molecule is CC(CN)(NC(=O)c1csc(I)c1)C1CC1. The first-order valence-electron chi connectivity index (χ1n) is 5.32. The smallest absolute Gasteiger partial charge is 0.252 e. The number of halogens is 1. The number of hydrogen-bond donors (Lipinski definition) is 2. The molecule has 5 heteroatoms. The molecule has 1 fully saturated rings. The molecule has 1 unspecified atom stereocenters. The van der Waals surface area contributed by atoms with Gasteiger partial charge in [-0.3, -0.25) is 4.79 Å². The number of amides is 1. The van der Waals surface area contributed by atoms with Crippen LogP contribution >= 0.6 is 33.9 Å². The first kappa shape index (κ1) is 12.3. The third-order valence-corrected chi connectivity index (χ3v) is 4.92. The van der Waals surface area contributed by atoms with Gasteiger partial charge in [-0.1, -0.05) is 0 Å². The van der Waals surface area contributed by atoms with E-state index in [0.717, 1.165) is 8.45 Å². The molecule has 3 N–H and O–H groups in total. The van der Waals surface area contributed by atoms with Gasteiger partial charge in [-0.25, -0.2) is 0 Å². The number of thiophene rings is 1. The Hall–Kier alpha value is -0.140. The molecular formula is C11H15IN2OS. The molecule has 1 aliphatic rings. The number of nitrogens with two attached hydrogens (primary N) is 1. The molecule has 0 bridgehead atoms. The van der Waals surface area contributed by atoms with Crippen molar-refractivity contribution in [3.05, 3.63) is 19.9 Å². The van der Waals surface area contributed by atoms with E-state index in [9.17, 15) is 4.79 Å². The van der Waals surface area contributed by atoms with Crippen molar-refractivity contribution < 1.29 is 4.79 Å². The van der Waals surface area contributed by atoms with Crippen LogP contribution in [0.1, 0.15) is 30.1 Å². The van der Waals surface area contributed by atoms with Crippen LogP contribution in [0.25, 0.3) is 0 Å². The summed E-state index contributed by atoms with van der Waals surface area (Å²) in [6.45, 7) is 2.55. The van der Waals surface area contributed by atoms with E-state index < -0.39 is 0 Å². The largest absolute Gasteiger partial charge is 0.345 e.